The van der Waals surface area contributed by atoms with Gasteiger partial charge in [-0.1, -0.05) is 12.1 Å². The van der Waals surface area contributed by atoms with Gasteiger partial charge in [0.15, 0.2) is 0 Å². The molecule has 1 unspecified atom stereocenters. The number of nitrogens with one attached hydrogen (secondary N) is 1. The van der Waals surface area contributed by atoms with Crippen molar-refractivity contribution in [2.75, 3.05) is 5.32 Å². The molecule has 1 atom stereocenters. The minimum Gasteiger partial charge on any atom is -0.444 e. The van der Waals surface area contributed by atoms with Gasteiger partial charge in [-0.15, -0.1) is 0 Å². The van der Waals surface area contributed by atoms with E-state index in [1.165, 1.54) is 0 Å². The molecule has 0 bridgehead atoms. The van der Waals surface area contributed by atoms with Crippen LogP contribution in [0.4, 0.5) is 10.5 Å². The quantitative estimate of drug-likeness (QED) is 0.669. The fraction of sp³-hybridized carbons (Fsp3) is 0.400. The van der Waals surface area contributed by atoms with Crippen LogP contribution in [0.3, 0.4) is 0 Å². The molecule has 1 fully saturated rings. The van der Waals surface area contributed by atoms with Gasteiger partial charge in [0.1, 0.15) is 5.60 Å². The summed E-state index contributed by atoms with van der Waals surface area (Å²) in [6.07, 6.45) is -0.556. The standard InChI is InChI=1S/C15H17NO5/c1-15(2,3)21-14(19)16-10-6-4-5-9(7-10)11-8-12(17)20-13(11)18/h4-7,11H,8H2,1-3H3,(H,16,19). The highest BCUT2D eigenvalue weighted by molar-refractivity contribution is 5.98. The molecule has 112 valence electrons. The Morgan fingerprint density at radius 2 is 2.05 bits per heavy atom. The van der Waals surface area contributed by atoms with E-state index in [2.05, 4.69) is 10.1 Å². The summed E-state index contributed by atoms with van der Waals surface area (Å²) in [5.41, 5.74) is 0.525. The molecule has 0 spiro atoms. The molecule has 0 aliphatic carbocycles. The SMILES string of the molecule is CC(C)(C)OC(=O)Nc1cccc(C2CC(=O)OC2=O)c1. The Bertz CT molecular complexity index is 588. The lowest BCUT2D eigenvalue weighted by molar-refractivity contribution is -0.152. The molecule has 1 aliphatic heterocycles. The van der Waals surface area contributed by atoms with E-state index in [9.17, 15) is 14.4 Å². The Balaban J connectivity index is 2.10. The minimum absolute atomic E-state index is 0.0225. The second kappa shape index (κ2) is 5.55. The van der Waals surface area contributed by atoms with E-state index in [1.54, 1.807) is 45.0 Å². The first-order valence-electron chi connectivity index (χ1n) is 6.59. The highest BCUT2D eigenvalue weighted by Gasteiger charge is 2.34. The van der Waals surface area contributed by atoms with E-state index in [4.69, 9.17) is 4.74 Å². The van der Waals surface area contributed by atoms with Gasteiger partial charge in [0.2, 0.25) is 0 Å². The Labute approximate surface area is 122 Å². The maximum atomic E-state index is 11.7. The molecular formula is C15H17NO5. The van der Waals surface area contributed by atoms with E-state index < -0.39 is 29.6 Å². The molecule has 0 aromatic heterocycles. The number of anilines is 1. The van der Waals surface area contributed by atoms with Crippen molar-refractivity contribution < 1.29 is 23.9 Å². The lowest BCUT2D eigenvalue weighted by atomic mass is 9.97. The fourth-order valence-electron chi connectivity index (χ4n) is 1.98. The molecule has 1 saturated heterocycles. The molecule has 1 N–H and O–H groups in total. The third-order valence-electron chi connectivity index (χ3n) is 2.80. The molecular weight excluding hydrogens is 274 g/mol. The Kier molecular flexibility index (Phi) is 3.97. The number of hydrogen-bond acceptors (Lipinski definition) is 5. The molecule has 1 aliphatic rings. The van der Waals surface area contributed by atoms with Crippen LogP contribution in [0, 0.1) is 0 Å². The van der Waals surface area contributed by atoms with Crippen LogP contribution in [0.15, 0.2) is 24.3 Å². The number of rotatable bonds is 2. The first-order chi connectivity index (χ1) is 9.74. The fourth-order valence-corrected chi connectivity index (χ4v) is 1.98. The van der Waals surface area contributed by atoms with Crippen molar-refractivity contribution in [2.45, 2.75) is 38.7 Å². The van der Waals surface area contributed by atoms with Gasteiger partial charge in [-0.05, 0) is 38.5 Å². The summed E-state index contributed by atoms with van der Waals surface area (Å²) in [5, 5.41) is 2.59. The summed E-state index contributed by atoms with van der Waals surface area (Å²) in [5.74, 6) is -1.71. The largest absolute Gasteiger partial charge is 0.444 e. The van der Waals surface area contributed by atoms with Crippen molar-refractivity contribution in [3.05, 3.63) is 29.8 Å². The molecule has 21 heavy (non-hydrogen) atoms. The summed E-state index contributed by atoms with van der Waals surface area (Å²) >= 11 is 0. The van der Waals surface area contributed by atoms with Crippen molar-refractivity contribution in [1.29, 1.82) is 0 Å². The van der Waals surface area contributed by atoms with E-state index in [-0.39, 0.29) is 6.42 Å². The molecule has 0 radical (unpaired) electrons. The van der Waals surface area contributed by atoms with Gasteiger partial charge in [0.25, 0.3) is 0 Å². The Hall–Kier alpha value is -2.37. The van der Waals surface area contributed by atoms with Crippen LogP contribution in [0.2, 0.25) is 0 Å². The van der Waals surface area contributed by atoms with Crippen molar-refractivity contribution >= 4 is 23.7 Å². The number of carbonyl (C=O) groups excluding carboxylic acids is 3. The number of carbonyl (C=O) groups is 3. The molecule has 1 aromatic rings. The van der Waals surface area contributed by atoms with E-state index in [0.717, 1.165) is 0 Å². The number of amides is 1. The van der Waals surface area contributed by atoms with Gasteiger partial charge in [0, 0.05) is 5.69 Å². The minimum atomic E-state index is -0.613. The zero-order valence-electron chi connectivity index (χ0n) is 12.1. The summed E-state index contributed by atoms with van der Waals surface area (Å²) in [4.78, 5) is 34.4. The number of cyclic esters (lactones) is 2. The average Bonchev–Trinajstić information content (AvgIpc) is 2.66. The lowest BCUT2D eigenvalue weighted by Gasteiger charge is -2.19. The predicted octanol–water partition coefficient (Wildman–Crippen LogP) is 2.59. The number of ether oxygens (including phenoxy) is 2. The summed E-state index contributed by atoms with van der Waals surface area (Å²) in [6, 6.07) is 6.72. The van der Waals surface area contributed by atoms with Crippen molar-refractivity contribution in [3.63, 3.8) is 0 Å². The molecule has 2 rings (SSSR count). The number of hydrogen-bond donors (Lipinski definition) is 1. The van der Waals surface area contributed by atoms with Gasteiger partial charge in [-0.3, -0.25) is 14.9 Å². The van der Waals surface area contributed by atoms with Crippen molar-refractivity contribution in [2.24, 2.45) is 0 Å². The van der Waals surface area contributed by atoms with E-state index in [1.807, 2.05) is 0 Å². The van der Waals surface area contributed by atoms with Gasteiger partial charge >= 0.3 is 18.0 Å². The molecule has 6 heteroatoms. The van der Waals surface area contributed by atoms with Crippen LogP contribution in [0.5, 0.6) is 0 Å². The zero-order chi connectivity index (χ0) is 15.6. The van der Waals surface area contributed by atoms with E-state index >= 15 is 0 Å². The van der Waals surface area contributed by atoms with Crippen LogP contribution < -0.4 is 5.32 Å². The number of benzene rings is 1. The highest BCUT2D eigenvalue weighted by atomic mass is 16.6. The topological polar surface area (TPSA) is 81.7 Å². The van der Waals surface area contributed by atoms with Crippen LogP contribution in [-0.2, 0) is 19.1 Å². The molecule has 1 aromatic carbocycles. The molecule has 0 saturated carbocycles. The molecule has 1 amide bonds. The zero-order valence-corrected chi connectivity index (χ0v) is 12.1. The van der Waals surface area contributed by atoms with Gasteiger partial charge in [-0.25, -0.2) is 4.79 Å². The van der Waals surface area contributed by atoms with Gasteiger partial charge in [-0.2, -0.15) is 0 Å². The van der Waals surface area contributed by atoms with Gasteiger partial charge < -0.3 is 9.47 Å². The summed E-state index contributed by atoms with van der Waals surface area (Å²) in [6.45, 7) is 5.30. The smallest absolute Gasteiger partial charge is 0.412 e. The first-order valence-corrected chi connectivity index (χ1v) is 6.59. The van der Waals surface area contributed by atoms with Crippen molar-refractivity contribution in [3.8, 4) is 0 Å². The molecule has 6 nitrogen and oxygen atoms in total. The van der Waals surface area contributed by atoms with Gasteiger partial charge in [0.05, 0.1) is 12.3 Å². The first kappa shape index (κ1) is 15.0. The van der Waals surface area contributed by atoms with Crippen LogP contribution in [0.25, 0.3) is 0 Å². The summed E-state index contributed by atoms with van der Waals surface area (Å²) < 4.78 is 9.67. The highest BCUT2D eigenvalue weighted by Crippen LogP contribution is 2.29. The number of esters is 2. The van der Waals surface area contributed by atoms with Crippen molar-refractivity contribution in [1.82, 2.24) is 0 Å². The maximum absolute atomic E-state index is 11.7. The molecule has 1 heterocycles. The second-order valence-electron chi connectivity index (χ2n) is 5.80. The van der Waals surface area contributed by atoms with Crippen LogP contribution >= 0.6 is 0 Å². The maximum Gasteiger partial charge on any atom is 0.412 e. The third kappa shape index (κ3) is 4.05. The Morgan fingerprint density at radius 3 is 2.62 bits per heavy atom. The summed E-state index contributed by atoms with van der Waals surface area (Å²) in [7, 11) is 0. The predicted molar refractivity (Wildman–Crippen MR) is 74.8 cm³/mol. The normalized spacial score (nSPS) is 18.3. The Morgan fingerprint density at radius 1 is 1.33 bits per heavy atom. The van der Waals surface area contributed by atoms with Crippen LogP contribution in [0.1, 0.15) is 38.7 Å². The lowest BCUT2D eigenvalue weighted by Crippen LogP contribution is -2.27. The monoisotopic (exact) mass is 291 g/mol. The third-order valence-corrected chi connectivity index (χ3v) is 2.80. The van der Waals surface area contributed by atoms with Crippen LogP contribution in [-0.4, -0.2) is 23.6 Å². The van der Waals surface area contributed by atoms with E-state index in [0.29, 0.717) is 11.3 Å². The average molecular weight is 291 g/mol. The second-order valence-corrected chi connectivity index (χ2v) is 5.80.